The first-order valence-corrected chi connectivity index (χ1v) is 11.4. The molecule has 2 aromatic rings. The molecule has 2 N–H and O–H groups in total. The Balaban J connectivity index is 1.20. The molecule has 0 radical (unpaired) electrons. The molecule has 2 heterocycles. The summed E-state index contributed by atoms with van der Waals surface area (Å²) in [5, 5.41) is 12.4. The average molecular weight is 449 g/mol. The van der Waals surface area contributed by atoms with Gasteiger partial charge in [-0.2, -0.15) is 0 Å². The second-order valence-corrected chi connectivity index (χ2v) is 10.1. The van der Waals surface area contributed by atoms with Crippen molar-refractivity contribution in [3.63, 3.8) is 0 Å². The van der Waals surface area contributed by atoms with Crippen LogP contribution in [0.15, 0.2) is 48.5 Å². The normalized spacial score (nSPS) is 22.8. The smallest absolute Gasteiger partial charge is 0.407 e. The van der Waals surface area contributed by atoms with E-state index in [9.17, 15) is 19.5 Å². The number of carbonyl (C=O) groups is 3. The van der Waals surface area contributed by atoms with Gasteiger partial charge in [-0.3, -0.25) is 4.79 Å². The molecule has 3 fully saturated rings. The summed E-state index contributed by atoms with van der Waals surface area (Å²) in [6.07, 6.45) is 0.449. The SMILES string of the molecule is CC(C)(CNC(=O)OCC1c2ccccc2-c2ccccc21)C(=O)N1CC2CC1(C(=O)O)C2. The van der Waals surface area contributed by atoms with Gasteiger partial charge in [0.15, 0.2) is 0 Å². The maximum Gasteiger partial charge on any atom is 0.407 e. The molecule has 0 spiro atoms. The van der Waals surface area contributed by atoms with E-state index in [0.29, 0.717) is 19.4 Å². The van der Waals surface area contributed by atoms with Gasteiger partial charge in [0, 0.05) is 19.0 Å². The zero-order valence-electron chi connectivity index (χ0n) is 18.8. The van der Waals surface area contributed by atoms with Crippen LogP contribution in [0, 0.1) is 11.3 Å². The fourth-order valence-electron chi connectivity index (χ4n) is 5.63. The lowest BCUT2D eigenvalue weighted by Gasteiger charge is -2.40. The zero-order chi connectivity index (χ0) is 23.4. The van der Waals surface area contributed by atoms with Crippen LogP contribution < -0.4 is 5.32 Å². The molecule has 2 aromatic carbocycles. The Morgan fingerprint density at radius 1 is 1.06 bits per heavy atom. The number of nitrogens with one attached hydrogen (secondary N) is 1. The first kappa shape index (κ1) is 21.5. The molecule has 1 saturated carbocycles. The first-order chi connectivity index (χ1) is 15.7. The third-order valence-corrected chi connectivity index (χ3v) is 7.45. The van der Waals surface area contributed by atoms with Crippen LogP contribution in [0.4, 0.5) is 4.79 Å². The van der Waals surface area contributed by atoms with E-state index in [1.807, 2.05) is 24.3 Å². The lowest BCUT2D eigenvalue weighted by atomic mass is 9.73. The third kappa shape index (κ3) is 3.37. The number of aliphatic carboxylic acids is 1. The quantitative estimate of drug-likeness (QED) is 0.704. The minimum absolute atomic E-state index is 0.0374. The maximum atomic E-state index is 13.1. The standard InChI is InChI=1S/C26H28N2O5/c1-25(2,22(29)28-13-16-11-26(28,12-16)23(30)31)15-27-24(32)33-14-21-19-9-5-3-7-17(19)18-8-4-6-10-20(18)21/h3-10,16,21H,11-15H2,1-2H3,(H,27,32)(H,30,31). The van der Waals surface area contributed by atoms with Crippen LogP contribution in [0.2, 0.25) is 0 Å². The average Bonchev–Trinajstić information content (AvgIpc) is 3.44. The first-order valence-electron chi connectivity index (χ1n) is 11.4. The van der Waals surface area contributed by atoms with Gasteiger partial charge < -0.3 is 20.1 Å². The number of carboxylic acids is 1. The molecule has 2 bridgehead atoms. The molecule has 33 heavy (non-hydrogen) atoms. The number of ether oxygens (including phenoxy) is 1. The van der Waals surface area contributed by atoms with Crippen LogP contribution in [0.25, 0.3) is 11.1 Å². The Labute approximate surface area is 192 Å². The Hall–Kier alpha value is -3.35. The van der Waals surface area contributed by atoms with E-state index in [0.717, 1.165) is 22.3 Å². The fraction of sp³-hybridized carbons (Fsp3) is 0.423. The number of amides is 2. The Bertz CT molecular complexity index is 1090. The second-order valence-electron chi connectivity index (χ2n) is 10.1. The Morgan fingerprint density at radius 2 is 1.64 bits per heavy atom. The van der Waals surface area contributed by atoms with E-state index >= 15 is 0 Å². The molecule has 4 aliphatic rings. The largest absolute Gasteiger partial charge is 0.479 e. The van der Waals surface area contributed by atoms with Gasteiger partial charge in [0.1, 0.15) is 12.1 Å². The van der Waals surface area contributed by atoms with Crippen LogP contribution in [0.1, 0.15) is 43.7 Å². The van der Waals surface area contributed by atoms with Crippen molar-refractivity contribution in [2.75, 3.05) is 19.7 Å². The van der Waals surface area contributed by atoms with Gasteiger partial charge in [0.2, 0.25) is 5.91 Å². The molecule has 172 valence electrons. The minimum Gasteiger partial charge on any atom is -0.479 e. The Kier molecular flexibility index (Phi) is 4.96. The minimum atomic E-state index is -1.07. The summed E-state index contributed by atoms with van der Waals surface area (Å²) in [7, 11) is 0. The lowest BCUT2D eigenvalue weighted by molar-refractivity contribution is -0.161. The second kappa shape index (κ2) is 7.61. The Morgan fingerprint density at radius 3 is 2.21 bits per heavy atom. The predicted molar refractivity (Wildman–Crippen MR) is 122 cm³/mol. The highest BCUT2D eigenvalue weighted by atomic mass is 16.5. The van der Waals surface area contributed by atoms with Crippen molar-refractivity contribution >= 4 is 18.0 Å². The van der Waals surface area contributed by atoms with Crippen molar-refractivity contribution in [2.24, 2.45) is 11.3 Å². The number of rotatable bonds is 6. The lowest BCUT2D eigenvalue weighted by Crippen LogP contribution is -2.58. The van der Waals surface area contributed by atoms with Crippen molar-refractivity contribution in [1.29, 1.82) is 0 Å². The van der Waals surface area contributed by atoms with Crippen LogP contribution >= 0.6 is 0 Å². The van der Waals surface area contributed by atoms with E-state index in [-0.39, 0.29) is 30.9 Å². The molecular formula is C26H28N2O5. The molecule has 6 rings (SSSR count). The van der Waals surface area contributed by atoms with E-state index in [2.05, 4.69) is 29.6 Å². The number of benzene rings is 2. The highest BCUT2D eigenvalue weighted by Gasteiger charge is 2.64. The highest BCUT2D eigenvalue weighted by molar-refractivity contribution is 5.92. The highest BCUT2D eigenvalue weighted by Crippen LogP contribution is 2.51. The number of fused-ring (bicyclic) bond motifs is 4. The van der Waals surface area contributed by atoms with Gasteiger partial charge in [-0.25, -0.2) is 9.59 Å². The summed E-state index contributed by atoms with van der Waals surface area (Å²) in [4.78, 5) is 38.9. The molecule has 7 nitrogen and oxygen atoms in total. The van der Waals surface area contributed by atoms with Crippen molar-refractivity contribution in [3.8, 4) is 11.1 Å². The summed E-state index contributed by atoms with van der Waals surface area (Å²) in [6.45, 7) is 4.19. The summed E-state index contributed by atoms with van der Waals surface area (Å²) in [5.41, 5.74) is 2.58. The van der Waals surface area contributed by atoms with Gasteiger partial charge in [0.25, 0.3) is 0 Å². The summed E-state index contributed by atoms with van der Waals surface area (Å²) in [6, 6.07) is 16.2. The van der Waals surface area contributed by atoms with Gasteiger partial charge in [-0.05, 0) is 54.9 Å². The summed E-state index contributed by atoms with van der Waals surface area (Å²) >= 11 is 0. The number of nitrogens with zero attached hydrogens (tertiary/aromatic N) is 1. The summed E-state index contributed by atoms with van der Waals surface area (Å²) in [5.74, 6) is -0.964. The molecule has 0 aromatic heterocycles. The summed E-state index contributed by atoms with van der Waals surface area (Å²) < 4.78 is 5.56. The number of alkyl carbamates (subject to hydrolysis) is 1. The van der Waals surface area contributed by atoms with Crippen LogP contribution in [-0.2, 0) is 14.3 Å². The van der Waals surface area contributed by atoms with E-state index < -0.39 is 23.0 Å². The van der Waals surface area contributed by atoms with Gasteiger partial charge in [0.05, 0.1) is 5.41 Å². The number of carboxylic acid groups (broad SMARTS) is 1. The van der Waals surface area contributed by atoms with Crippen molar-refractivity contribution < 1.29 is 24.2 Å². The van der Waals surface area contributed by atoms with Crippen molar-refractivity contribution in [2.45, 2.75) is 38.1 Å². The van der Waals surface area contributed by atoms with Gasteiger partial charge >= 0.3 is 12.1 Å². The molecule has 2 aliphatic heterocycles. The molecule has 7 heteroatoms. The molecule has 2 aliphatic carbocycles. The molecule has 2 saturated heterocycles. The number of hydrogen-bond donors (Lipinski definition) is 2. The monoisotopic (exact) mass is 448 g/mol. The number of hydrogen-bond acceptors (Lipinski definition) is 4. The fourth-order valence-corrected chi connectivity index (χ4v) is 5.63. The maximum absolute atomic E-state index is 13.1. The van der Waals surface area contributed by atoms with E-state index in [4.69, 9.17) is 4.74 Å². The van der Waals surface area contributed by atoms with Gasteiger partial charge in [-0.15, -0.1) is 0 Å². The molecule has 0 atom stereocenters. The van der Waals surface area contributed by atoms with Crippen molar-refractivity contribution in [3.05, 3.63) is 59.7 Å². The van der Waals surface area contributed by atoms with Crippen molar-refractivity contribution in [1.82, 2.24) is 10.2 Å². The van der Waals surface area contributed by atoms with Crippen LogP contribution in [0.5, 0.6) is 0 Å². The molecule has 2 amide bonds. The topological polar surface area (TPSA) is 95.9 Å². The molecular weight excluding hydrogens is 420 g/mol. The van der Waals surface area contributed by atoms with Gasteiger partial charge in [-0.1, -0.05) is 48.5 Å². The zero-order valence-corrected chi connectivity index (χ0v) is 18.8. The van der Waals surface area contributed by atoms with E-state index in [1.165, 1.54) is 4.90 Å². The third-order valence-electron chi connectivity index (χ3n) is 7.45. The molecule has 0 unspecified atom stereocenters. The van der Waals surface area contributed by atoms with E-state index in [1.54, 1.807) is 13.8 Å². The van der Waals surface area contributed by atoms with Crippen LogP contribution in [0.3, 0.4) is 0 Å². The van der Waals surface area contributed by atoms with Crippen LogP contribution in [-0.4, -0.2) is 53.2 Å². The number of carbonyl (C=O) groups excluding carboxylic acids is 2. The predicted octanol–water partition coefficient (Wildman–Crippen LogP) is 3.63.